The lowest BCUT2D eigenvalue weighted by Gasteiger charge is -2.48. The lowest BCUT2D eigenvalue weighted by molar-refractivity contribution is -0.384. The molecule has 2 aromatic rings. The van der Waals surface area contributed by atoms with E-state index in [0.29, 0.717) is 16.1 Å². The van der Waals surface area contributed by atoms with Crippen LogP contribution in [0, 0.1) is 10.1 Å². The van der Waals surface area contributed by atoms with E-state index in [-0.39, 0.29) is 29.3 Å². The molecule has 1 heterocycles. The number of rotatable bonds is 10. The average molecular weight is 589 g/mol. The van der Waals surface area contributed by atoms with Crippen molar-refractivity contribution in [3.63, 3.8) is 0 Å². The van der Waals surface area contributed by atoms with E-state index in [2.05, 4.69) is 11.9 Å². The van der Waals surface area contributed by atoms with E-state index in [4.69, 9.17) is 38.6 Å². The van der Waals surface area contributed by atoms with Crippen LogP contribution in [0.25, 0.3) is 0 Å². The molecule has 2 aromatic carbocycles. The molecular weight excluding hydrogens is 569 g/mol. The van der Waals surface area contributed by atoms with Crippen molar-refractivity contribution in [3.8, 4) is 0 Å². The third-order valence-electron chi connectivity index (χ3n) is 5.45. The highest BCUT2D eigenvalue weighted by molar-refractivity contribution is 8.08. The van der Waals surface area contributed by atoms with Crippen molar-refractivity contribution in [2.75, 3.05) is 0 Å². The Labute approximate surface area is 228 Å². The van der Waals surface area contributed by atoms with E-state index in [9.17, 15) is 28.7 Å². The Kier molecular flexibility index (Phi) is 9.30. The van der Waals surface area contributed by atoms with Crippen LogP contribution in [0.2, 0.25) is 10.0 Å². The molecule has 0 spiro atoms. The van der Waals surface area contributed by atoms with Crippen molar-refractivity contribution in [3.05, 3.63) is 85.9 Å². The van der Waals surface area contributed by atoms with Crippen LogP contribution in [0.3, 0.4) is 0 Å². The molecule has 0 bridgehead atoms. The number of carbonyl (C=O) groups is 3. The molecule has 37 heavy (non-hydrogen) atoms. The van der Waals surface area contributed by atoms with Gasteiger partial charge in [-0.15, -0.1) is 0 Å². The number of halogens is 3. The molecule has 1 aliphatic rings. The van der Waals surface area contributed by atoms with Crippen molar-refractivity contribution in [2.24, 2.45) is 0 Å². The number of likely N-dealkylation sites (tertiary alicyclic amines) is 1. The zero-order valence-corrected chi connectivity index (χ0v) is 22.3. The summed E-state index contributed by atoms with van der Waals surface area (Å²) < 4.78 is 17.6. The van der Waals surface area contributed by atoms with Crippen molar-refractivity contribution in [2.45, 2.75) is 37.4 Å². The first kappa shape index (κ1) is 28.6. The largest absolute Gasteiger partial charge is 0.459 e. The molecule has 4 atom stereocenters. The summed E-state index contributed by atoms with van der Waals surface area (Å²) in [4.78, 5) is 49.6. The number of nitro groups is 1. The summed E-state index contributed by atoms with van der Waals surface area (Å²) in [7, 11) is 3.67. The topological polar surface area (TPSA) is 136 Å². The van der Waals surface area contributed by atoms with Crippen molar-refractivity contribution >= 4 is 67.4 Å². The molecule has 0 radical (unpaired) electrons. The third kappa shape index (κ3) is 6.67. The van der Waals surface area contributed by atoms with Gasteiger partial charge in [0.1, 0.15) is 22.7 Å². The normalized spacial score (nSPS) is 18.4. The molecule has 3 rings (SSSR count). The number of β-lactam (4-membered cyclic amide) rings is 1. The summed E-state index contributed by atoms with van der Waals surface area (Å²) in [5, 5.41) is 12.7. The summed E-state index contributed by atoms with van der Waals surface area (Å²) in [5.41, 5.74) is 1.02. The lowest BCUT2D eigenvalue weighted by atomic mass is 9.99. The van der Waals surface area contributed by atoms with E-state index in [1.807, 2.05) is 0 Å². The zero-order chi connectivity index (χ0) is 27.4. The lowest BCUT2D eigenvalue weighted by Crippen LogP contribution is -2.75. The van der Waals surface area contributed by atoms with E-state index in [0.717, 1.165) is 4.90 Å². The van der Waals surface area contributed by atoms with Gasteiger partial charge in [-0.2, -0.15) is 0 Å². The maximum atomic E-state index is 13.0. The second-order valence-corrected chi connectivity index (χ2v) is 10.9. The van der Waals surface area contributed by atoms with Crippen molar-refractivity contribution < 1.29 is 28.3 Å². The Morgan fingerprint density at radius 1 is 1.24 bits per heavy atom. The minimum atomic E-state index is -2.17. The average Bonchev–Trinajstić information content (AvgIpc) is 2.82. The summed E-state index contributed by atoms with van der Waals surface area (Å²) in [5.74, 6) is -2.15. The van der Waals surface area contributed by atoms with Gasteiger partial charge in [0.2, 0.25) is 11.8 Å². The standard InChI is InChI=1S/C23H20Cl3N3O7S/c1-12(2)20(23(32)36-11-13-3-7-16(8-4-13)29(33)34)28-21(31)19(22(28)37(26)35)27-18(30)9-14-5-6-15(24)10-17(14)25/h3-8,10,19-20,22H,1,9,11H2,2H3,(H,27,30). The van der Waals surface area contributed by atoms with Gasteiger partial charge >= 0.3 is 5.97 Å². The predicted molar refractivity (Wildman–Crippen MR) is 138 cm³/mol. The van der Waals surface area contributed by atoms with E-state index < -0.39 is 50.2 Å². The summed E-state index contributed by atoms with van der Waals surface area (Å²) in [6.07, 6.45) is -0.178. The number of non-ortho nitro benzene ring substituents is 1. The Hall–Kier alpha value is -2.99. The highest BCUT2D eigenvalue weighted by atomic mass is 35.7. The number of nitrogens with zero attached hydrogens (tertiary/aromatic N) is 2. The molecular formula is C23H20Cl3N3O7S. The van der Waals surface area contributed by atoms with Gasteiger partial charge in [-0.05, 0) is 58.6 Å². The summed E-state index contributed by atoms with van der Waals surface area (Å²) in [6.45, 7) is 4.97. The Morgan fingerprint density at radius 3 is 2.43 bits per heavy atom. The third-order valence-corrected chi connectivity index (χ3v) is 7.46. The number of carbonyl (C=O) groups excluding carboxylic acids is 3. The molecule has 14 heteroatoms. The van der Waals surface area contributed by atoms with Gasteiger partial charge in [-0.3, -0.25) is 19.7 Å². The van der Waals surface area contributed by atoms with Gasteiger partial charge in [-0.1, -0.05) is 35.8 Å². The molecule has 1 fully saturated rings. The van der Waals surface area contributed by atoms with Gasteiger partial charge in [0, 0.05) is 22.2 Å². The molecule has 1 N–H and O–H groups in total. The van der Waals surface area contributed by atoms with Gasteiger partial charge < -0.3 is 15.0 Å². The van der Waals surface area contributed by atoms with Crippen molar-refractivity contribution in [1.82, 2.24) is 10.2 Å². The monoisotopic (exact) mass is 587 g/mol. The number of amides is 2. The smallest absolute Gasteiger partial charge is 0.333 e. The molecule has 0 saturated carbocycles. The van der Waals surface area contributed by atoms with Crippen LogP contribution >= 0.6 is 33.9 Å². The van der Waals surface area contributed by atoms with E-state index in [1.54, 1.807) is 12.1 Å². The van der Waals surface area contributed by atoms with E-state index in [1.165, 1.54) is 37.3 Å². The highest BCUT2D eigenvalue weighted by Crippen LogP contribution is 2.31. The molecule has 1 saturated heterocycles. The number of nitro benzene ring substituents is 1. The fourth-order valence-electron chi connectivity index (χ4n) is 3.65. The van der Waals surface area contributed by atoms with Gasteiger partial charge in [0.25, 0.3) is 5.69 Å². The number of hydrogen-bond acceptors (Lipinski definition) is 7. The minimum absolute atomic E-state index is 0.125. The van der Waals surface area contributed by atoms with Crippen LogP contribution in [0.1, 0.15) is 18.1 Å². The molecule has 0 aromatic heterocycles. The molecule has 196 valence electrons. The van der Waals surface area contributed by atoms with Crippen LogP contribution in [0.15, 0.2) is 54.6 Å². The second-order valence-electron chi connectivity index (χ2n) is 8.12. The number of esters is 1. The summed E-state index contributed by atoms with van der Waals surface area (Å²) in [6, 6.07) is 7.38. The van der Waals surface area contributed by atoms with E-state index >= 15 is 0 Å². The van der Waals surface area contributed by atoms with Gasteiger partial charge in [-0.25, -0.2) is 9.00 Å². The van der Waals surface area contributed by atoms with Crippen LogP contribution < -0.4 is 5.32 Å². The first-order valence-corrected chi connectivity index (χ1v) is 13.4. The number of nitrogens with one attached hydrogen (secondary N) is 1. The van der Waals surface area contributed by atoms with Crippen LogP contribution in [-0.4, -0.2) is 49.3 Å². The first-order valence-electron chi connectivity index (χ1n) is 10.6. The Morgan fingerprint density at radius 2 is 1.89 bits per heavy atom. The molecule has 0 aliphatic carbocycles. The first-order chi connectivity index (χ1) is 17.4. The zero-order valence-electron chi connectivity index (χ0n) is 19.2. The molecule has 4 unspecified atom stereocenters. The summed E-state index contributed by atoms with van der Waals surface area (Å²) >= 11 is 12.0. The van der Waals surface area contributed by atoms with Crippen LogP contribution in [0.4, 0.5) is 5.69 Å². The molecule has 2 amide bonds. The SMILES string of the molecule is C=C(C)C(C(=O)OCc1ccc([N+](=O)[O-])cc1)N1C(=O)C(NC(=O)Cc2ccc(Cl)cc2Cl)C1S(=O)Cl. The quantitative estimate of drug-likeness (QED) is 0.112. The highest BCUT2D eigenvalue weighted by Gasteiger charge is 2.56. The van der Waals surface area contributed by atoms with Crippen LogP contribution in [-0.2, 0) is 42.2 Å². The van der Waals surface area contributed by atoms with Gasteiger partial charge in [0.05, 0.1) is 11.3 Å². The van der Waals surface area contributed by atoms with Gasteiger partial charge in [0.15, 0.2) is 11.4 Å². The Bertz CT molecular complexity index is 1290. The number of benzene rings is 2. The number of ether oxygens (including phenoxy) is 1. The minimum Gasteiger partial charge on any atom is -0.459 e. The second kappa shape index (κ2) is 12.0. The van der Waals surface area contributed by atoms with Crippen molar-refractivity contribution in [1.29, 1.82) is 0 Å². The predicted octanol–water partition coefficient (Wildman–Crippen LogP) is 3.69. The fraction of sp³-hybridized carbons (Fsp3) is 0.261. The maximum absolute atomic E-state index is 13.0. The maximum Gasteiger partial charge on any atom is 0.333 e. The molecule has 10 nitrogen and oxygen atoms in total. The fourth-order valence-corrected chi connectivity index (χ4v) is 5.50. The Balaban J connectivity index is 1.69. The molecule has 1 aliphatic heterocycles. The van der Waals surface area contributed by atoms with Crippen LogP contribution in [0.5, 0.6) is 0 Å². The number of hydrogen-bond donors (Lipinski definition) is 1.